The smallest absolute Gasteiger partial charge is 0.309 e. The first-order chi connectivity index (χ1) is 26.0. The van der Waals surface area contributed by atoms with Crippen molar-refractivity contribution in [3.05, 3.63) is 11.1 Å². The van der Waals surface area contributed by atoms with Crippen LogP contribution in [0.25, 0.3) is 0 Å². The summed E-state index contributed by atoms with van der Waals surface area (Å²) in [5.41, 5.74) is 1.68. The van der Waals surface area contributed by atoms with Crippen LogP contribution < -0.4 is 5.32 Å². The highest BCUT2D eigenvalue weighted by atomic mass is 16.5. The van der Waals surface area contributed by atoms with Crippen molar-refractivity contribution in [1.82, 2.24) is 10.2 Å². The molecular weight excluding hydrogens is 709 g/mol. The highest BCUT2D eigenvalue weighted by Gasteiger charge is 2.66. The molecule has 0 saturated heterocycles. The number of ketones is 1. The number of carboxylic acid groups (broad SMARTS) is 2. The second-order valence-electron chi connectivity index (χ2n) is 21.0. The Hall–Kier alpha value is -2.75. The van der Waals surface area contributed by atoms with Gasteiger partial charge in [-0.2, -0.15) is 0 Å². The lowest BCUT2D eigenvalue weighted by Crippen LogP contribution is -2.63. The van der Waals surface area contributed by atoms with Gasteiger partial charge in [0.1, 0.15) is 6.10 Å². The molecule has 6 rings (SSSR count). The maximum absolute atomic E-state index is 14.0. The predicted octanol–water partition coefficient (Wildman–Crippen LogP) is 8.32. The lowest BCUT2D eigenvalue weighted by Gasteiger charge is -2.69. The quantitative estimate of drug-likeness (QED) is 0.157. The molecule has 10 nitrogen and oxygen atoms in total. The van der Waals surface area contributed by atoms with Crippen LogP contribution in [0.5, 0.6) is 0 Å². The number of fused-ring (bicyclic) bond motifs is 7. The van der Waals surface area contributed by atoms with E-state index in [1.54, 1.807) is 26.3 Å². The fraction of sp³-hybridized carbons (Fsp3) is 0.848. The summed E-state index contributed by atoms with van der Waals surface area (Å²) in [5.74, 6) is 1.29. The van der Waals surface area contributed by atoms with Gasteiger partial charge in [0.15, 0.2) is 5.78 Å². The Balaban J connectivity index is 0.00000143. The molecule has 0 aromatic heterocycles. The van der Waals surface area contributed by atoms with Gasteiger partial charge in [-0.05, 0) is 143 Å². The molecule has 1 amide bonds. The van der Waals surface area contributed by atoms with Crippen LogP contribution in [0, 0.1) is 62.6 Å². The first kappa shape index (κ1) is 44.4. The van der Waals surface area contributed by atoms with E-state index >= 15 is 0 Å². The van der Waals surface area contributed by atoms with Crippen LogP contribution in [0.1, 0.15) is 153 Å². The maximum Gasteiger partial charge on any atom is 0.309 e. The minimum Gasteiger partial charge on any atom is -0.481 e. The third-order valence-electron chi connectivity index (χ3n) is 16.0. The molecule has 3 N–H and O–H groups in total. The number of Topliss-reactive ketones (excluding diaryl/α,β-unsaturated/α-hetero) is 1. The van der Waals surface area contributed by atoms with Crippen molar-refractivity contribution in [1.29, 1.82) is 0 Å². The molecule has 6 aliphatic rings. The van der Waals surface area contributed by atoms with Gasteiger partial charge in [0, 0.05) is 50.7 Å². The van der Waals surface area contributed by atoms with Gasteiger partial charge >= 0.3 is 11.9 Å². The van der Waals surface area contributed by atoms with Crippen LogP contribution in [0.15, 0.2) is 11.1 Å². The van der Waals surface area contributed by atoms with Crippen molar-refractivity contribution < 1.29 is 38.9 Å². The topological polar surface area (TPSA) is 150 Å². The zero-order valence-corrected chi connectivity index (χ0v) is 36.4. The molecule has 8 atom stereocenters. The Morgan fingerprint density at radius 1 is 0.875 bits per heavy atom. The number of carboxylic acids is 2. The molecule has 8 unspecified atom stereocenters. The number of nitrogens with zero attached hydrogens (tertiary/aromatic N) is 1. The number of amides is 1. The van der Waals surface area contributed by atoms with Gasteiger partial charge in [-0.1, -0.05) is 47.1 Å². The Labute approximate surface area is 336 Å². The van der Waals surface area contributed by atoms with Gasteiger partial charge in [-0.15, -0.1) is 0 Å². The Morgan fingerprint density at radius 2 is 1.52 bits per heavy atom. The molecule has 5 saturated carbocycles. The lowest BCUT2D eigenvalue weighted by molar-refractivity contribution is -0.214. The highest BCUT2D eigenvalue weighted by Crippen LogP contribution is 2.73. The van der Waals surface area contributed by atoms with Crippen LogP contribution in [-0.4, -0.2) is 77.0 Å². The molecule has 316 valence electrons. The summed E-state index contributed by atoms with van der Waals surface area (Å²) in [7, 11) is 0. The minimum absolute atomic E-state index is 0.0283. The molecule has 5 fully saturated rings. The van der Waals surface area contributed by atoms with Crippen LogP contribution in [0.4, 0.5) is 0 Å². The predicted molar refractivity (Wildman–Crippen MR) is 217 cm³/mol. The molecule has 0 aromatic carbocycles. The zero-order chi connectivity index (χ0) is 41.6. The summed E-state index contributed by atoms with van der Waals surface area (Å²) in [6.45, 7) is 23.7. The van der Waals surface area contributed by atoms with E-state index < -0.39 is 23.3 Å². The third-order valence-corrected chi connectivity index (χ3v) is 16.0. The van der Waals surface area contributed by atoms with E-state index in [9.17, 15) is 24.3 Å². The molecule has 10 heteroatoms. The van der Waals surface area contributed by atoms with E-state index in [1.165, 1.54) is 32.1 Å². The summed E-state index contributed by atoms with van der Waals surface area (Å²) in [5, 5.41) is 20.0. The third kappa shape index (κ3) is 8.80. The van der Waals surface area contributed by atoms with Crippen molar-refractivity contribution in [2.45, 2.75) is 159 Å². The molecule has 0 radical (unpaired) electrons. The number of ether oxygens (including phenoxy) is 1. The number of allylic oxidation sites excluding steroid dienone is 2. The second kappa shape index (κ2) is 16.5. The molecule has 0 heterocycles. The maximum atomic E-state index is 14.0. The van der Waals surface area contributed by atoms with Crippen LogP contribution in [0.3, 0.4) is 0 Å². The normalized spacial score (nSPS) is 34.7. The van der Waals surface area contributed by atoms with Gasteiger partial charge < -0.3 is 25.2 Å². The minimum atomic E-state index is -1.15. The first-order valence-corrected chi connectivity index (χ1v) is 21.9. The van der Waals surface area contributed by atoms with Gasteiger partial charge in [0.2, 0.25) is 5.91 Å². The van der Waals surface area contributed by atoms with Crippen LogP contribution in [-0.2, 0) is 28.7 Å². The fourth-order valence-electron chi connectivity index (χ4n) is 13.3. The summed E-state index contributed by atoms with van der Waals surface area (Å²) in [6, 6.07) is 0. The van der Waals surface area contributed by atoms with Crippen molar-refractivity contribution >= 4 is 29.6 Å². The average Bonchev–Trinajstić information content (AvgIpc) is 3.83. The van der Waals surface area contributed by atoms with Crippen molar-refractivity contribution in [2.24, 2.45) is 62.6 Å². The first-order valence-electron chi connectivity index (χ1n) is 21.9. The number of rotatable bonds is 13. The molecule has 0 bridgehead atoms. The van der Waals surface area contributed by atoms with E-state index in [1.807, 2.05) is 0 Å². The second-order valence-corrected chi connectivity index (χ2v) is 21.0. The molecule has 56 heavy (non-hydrogen) atoms. The van der Waals surface area contributed by atoms with Crippen molar-refractivity contribution in [3.63, 3.8) is 0 Å². The number of aliphatic carboxylic acids is 2. The standard InChI is InChI=1S/C44H70N2O6.C2H4O2/c1-27(2)37-32(48)24-44(20-22-46(26-29-10-11-29)23-21-45-28(3)47)19-14-31-30(38(37)44)12-13-34-42(31,8)17-15-33-41(6,7)35(16-18-43(33,34)9)52-36(49)25-40(4,5)39(50)51;1-2(3)4/h27,29-31,33-35H,10-26H2,1-9H3,(H,45,47)(H,50,51);1H3,(H,3,4). The number of carbonyl (C=O) groups excluding carboxylic acids is 3. The molecule has 0 aromatic rings. The summed E-state index contributed by atoms with van der Waals surface area (Å²) in [6.07, 6.45) is 12.8. The van der Waals surface area contributed by atoms with E-state index in [2.05, 4.69) is 51.8 Å². The zero-order valence-electron chi connectivity index (χ0n) is 36.4. The van der Waals surface area contributed by atoms with E-state index in [-0.39, 0.29) is 46.0 Å². The highest BCUT2D eigenvalue weighted by molar-refractivity contribution is 6.00. The number of nitrogens with one attached hydrogen (secondary N) is 1. The average molecular weight is 783 g/mol. The summed E-state index contributed by atoms with van der Waals surface area (Å²) >= 11 is 0. The lowest BCUT2D eigenvalue weighted by atomic mass is 9.36. The summed E-state index contributed by atoms with van der Waals surface area (Å²) < 4.78 is 6.17. The number of carbonyl (C=O) groups is 5. The SMILES string of the molecule is CC(=O)NCCN(CCC12CCC3C(CCC4C3(C)CCC3C(C)(C)C(OC(=O)CC(C)(C)C(=O)O)CCC34C)C1=C(C(C)C)C(=O)C2)CC1CC1.CC(=O)O. The van der Waals surface area contributed by atoms with Gasteiger partial charge in [0.25, 0.3) is 5.97 Å². The number of esters is 1. The monoisotopic (exact) mass is 783 g/mol. The van der Waals surface area contributed by atoms with Crippen LogP contribution >= 0.6 is 0 Å². The van der Waals surface area contributed by atoms with E-state index in [0.717, 1.165) is 76.6 Å². The number of hydrogen-bond acceptors (Lipinski definition) is 7. The molecule has 0 aliphatic heterocycles. The molecular formula is C46H74N2O8. The van der Waals surface area contributed by atoms with E-state index in [0.29, 0.717) is 42.4 Å². The Bertz CT molecular complexity index is 1560. The number of hydrogen-bond donors (Lipinski definition) is 3. The largest absolute Gasteiger partial charge is 0.481 e. The van der Waals surface area contributed by atoms with Gasteiger partial charge in [-0.3, -0.25) is 24.0 Å². The van der Waals surface area contributed by atoms with Gasteiger partial charge in [0.05, 0.1) is 11.8 Å². The van der Waals surface area contributed by atoms with Crippen molar-refractivity contribution in [2.75, 3.05) is 26.2 Å². The molecule has 6 aliphatic carbocycles. The molecule has 0 spiro atoms. The van der Waals surface area contributed by atoms with Crippen molar-refractivity contribution in [3.8, 4) is 0 Å². The fourth-order valence-corrected chi connectivity index (χ4v) is 13.3. The van der Waals surface area contributed by atoms with Gasteiger partial charge in [-0.25, -0.2) is 0 Å². The van der Waals surface area contributed by atoms with E-state index in [4.69, 9.17) is 14.6 Å². The Morgan fingerprint density at radius 3 is 2.11 bits per heavy atom. The Kier molecular flexibility index (Phi) is 13.1. The van der Waals surface area contributed by atoms with Crippen LogP contribution in [0.2, 0.25) is 0 Å². The summed E-state index contributed by atoms with van der Waals surface area (Å²) in [4.78, 5) is 62.1.